The standard InChI is InChI=1S/C29H25ClN8O3S/c1-2-36-42(40,41)21-9-5-8-20(17-21)38-25(37-24-11-6-10-23(30)26(24)29(38)39)14-16-33-28-22(27(31)34-18-35-28)13-12-19-7-3-4-15-32-19/h3-11,15,17-18,36H,2,14,16H2,1H3,(H3,31,33,34,35). The number of aromatic nitrogens is 5. The lowest BCUT2D eigenvalue weighted by atomic mass is 10.2. The number of fused-ring (bicyclic) bond motifs is 1. The summed E-state index contributed by atoms with van der Waals surface area (Å²) in [5, 5.41) is 3.68. The van der Waals surface area contributed by atoms with Crippen molar-refractivity contribution in [3.05, 3.63) is 106 Å². The molecule has 11 nitrogen and oxygen atoms in total. The third-order valence-corrected chi connectivity index (χ3v) is 7.99. The summed E-state index contributed by atoms with van der Waals surface area (Å²) in [6, 6.07) is 16.5. The van der Waals surface area contributed by atoms with Crippen LogP contribution < -0.4 is 21.3 Å². The van der Waals surface area contributed by atoms with Crippen molar-refractivity contribution in [3.63, 3.8) is 0 Å². The highest BCUT2D eigenvalue weighted by atomic mass is 35.5. The first-order valence-corrected chi connectivity index (χ1v) is 14.7. The summed E-state index contributed by atoms with van der Waals surface area (Å²) < 4.78 is 29.2. The SMILES string of the molecule is CCNS(=O)(=O)c1cccc(-n2c(CCNc3ncnc(N)c3C#Cc3ccccn3)nc3cccc(Cl)c3c2=O)c1. The third-order valence-electron chi connectivity index (χ3n) is 6.13. The van der Waals surface area contributed by atoms with Crippen molar-refractivity contribution in [3.8, 4) is 17.5 Å². The van der Waals surface area contributed by atoms with Crippen molar-refractivity contribution < 1.29 is 8.42 Å². The van der Waals surface area contributed by atoms with E-state index in [0.29, 0.717) is 34.1 Å². The average Bonchev–Trinajstić information content (AvgIpc) is 2.97. The lowest BCUT2D eigenvalue weighted by Crippen LogP contribution is -2.27. The van der Waals surface area contributed by atoms with Gasteiger partial charge in [-0.1, -0.05) is 42.6 Å². The zero-order valence-electron chi connectivity index (χ0n) is 22.4. The van der Waals surface area contributed by atoms with Crippen LogP contribution in [0.1, 0.15) is 24.0 Å². The highest BCUT2D eigenvalue weighted by Crippen LogP contribution is 2.22. The number of halogens is 1. The van der Waals surface area contributed by atoms with Crippen molar-refractivity contribution in [2.45, 2.75) is 18.2 Å². The van der Waals surface area contributed by atoms with Gasteiger partial charge in [-0.2, -0.15) is 0 Å². The van der Waals surface area contributed by atoms with Gasteiger partial charge in [-0.15, -0.1) is 0 Å². The van der Waals surface area contributed by atoms with Crippen LogP contribution in [0.4, 0.5) is 11.6 Å². The van der Waals surface area contributed by atoms with Gasteiger partial charge in [0.2, 0.25) is 10.0 Å². The minimum atomic E-state index is -3.77. The van der Waals surface area contributed by atoms with E-state index in [1.54, 1.807) is 55.6 Å². The normalized spacial score (nSPS) is 11.2. The van der Waals surface area contributed by atoms with Crippen LogP contribution in [0.5, 0.6) is 0 Å². The summed E-state index contributed by atoms with van der Waals surface area (Å²) in [7, 11) is -3.77. The van der Waals surface area contributed by atoms with Gasteiger partial charge in [0, 0.05) is 25.7 Å². The fourth-order valence-electron chi connectivity index (χ4n) is 4.25. The lowest BCUT2D eigenvalue weighted by Gasteiger charge is -2.16. The van der Waals surface area contributed by atoms with E-state index in [9.17, 15) is 13.2 Å². The highest BCUT2D eigenvalue weighted by Gasteiger charge is 2.18. The highest BCUT2D eigenvalue weighted by molar-refractivity contribution is 7.89. The van der Waals surface area contributed by atoms with Crippen LogP contribution in [0.25, 0.3) is 16.6 Å². The first-order valence-electron chi connectivity index (χ1n) is 12.9. The summed E-state index contributed by atoms with van der Waals surface area (Å²) in [5.74, 6) is 6.92. The molecule has 0 aliphatic heterocycles. The van der Waals surface area contributed by atoms with Gasteiger partial charge >= 0.3 is 0 Å². The lowest BCUT2D eigenvalue weighted by molar-refractivity contribution is 0.584. The Morgan fingerprint density at radius 1 is 1.02 bits per heavy atom. The van der Waals surface area contributed by atoms with Crippen LogP contribution in [0, 0.1) is 11.8 Å². The molecule has 0 spiro atoms. The van der Waals surface area contributed by atoms with E-state index in [0.717, 1.165) is 0 Å². The molecule has 0 amide bonds. The first kappa shape index (κ1) is 28.7. The van der Waals surface area contributed by atoms with Crippen molar-refractivity contribution in [2.75, 3.05) is 24.1 Å². The third kappa shape index (κ3) is 6.08. The van der Waals surface area contributed by atoms with E-state index in [-0.39, 0.29) is 40.6 Å². The Balaban J connectivity index is 1.52. The summed E-state index contributed by atoms with van der Waals surface area (Å²) in [6.07, 6.45) is 3.22. The number of nitrogens with two attached hydrogens (primary N) is 1. The summed E-state index contributed by atoms with van der Waals surface area (Å²) in [4.78, 5) is 31.1. The van der Waals surface area contributed by atoms with Gasteiger partial charge in [-0.05, 0) is 48.4 Å². The predicted octanol–water partition coefficient (Wildman–Crippen LogP) is 3.16. The Labute approximate surface area is 246 Å². The van der Waals surface area contributed by atoms with E-state index >= 15 is 0 Å². The number of pyridine rings is 1. The molecular formula is C29H25ClN8O3S. The molecule has 42 heavy (non-hydrogen) atoms. The van der Waals surface area contributed by atoms with Crippen molar-refractivity contribution in [2.24, 2.45) is 0 Å². The summed E-state index contributed by atoms with van der Waals surface area (Å²) in [5.41, 5.74) is 7.39. The Bertz CT molecular complexity index is 2010. The van der Waals surface area contributed by atoms with Crippen molar-refractivity contribution in [1.82, 2.24) is 29.2 Å². The molecule has 5 aromatic rings. The second-order valence-corrected chi connectivity index (χ2v) is 11.1. The number of nitrogen functional groups attached to an aromatic ring is 1. The second-order valence-electron chi connectivity index (χ2n) is 8.93. The average molecular weight is 601 g/mol. The predicted molar refractivity (Wildman–Crippen MR) is 162 cm³/mol. The van der Waals surface area contributed by atoms with Crippen LogP contribution in [-0.2, 0) is 16.4 Å². The number of nitrogens with one attached hydrogen (secondary N) is 2. The Hall–Kier alpha value is -4.83. The molecule has 4 N–H and O–H groups in total. The molecule has 0 unspecified atom stereocenters. The van der Waals surface area contributed by atoms with Crippen LogP contribution in [0.15, 0.2) is 82.9 Å². The molecule has 5 rings (SSSR count). The fourth-order valence-corrected chi connectivity index (χ4v) is 5.58. The minimum absolute atomic E-state index is 0.0182. The molecule has 0 atom stereocenters. The van der Waals surface area contributed by atoms with Crippen LogP contribution >= 0.6 is 11.6 Å². The van der Waals surface area contributed by atoms with Gasteiger partial charge in [-0.25, -0.2) is 33.1 Å². The Kier molecular flexibility index (Phi) is 8.44. The van der Waals surface area contributed by atoms with Crippen molar-refractivity contribution in [1.29, 1.82) is 0 Å². The maximum Gasteiger partial charge on any atom is 0.267 e. The van der Waals surface area contributed by atoms with Gasteiger partial charge in [0.25, 0.3) is 5.56 Å². The van der Waals surface area contributed by atoms with E-state index in [4.69, 9.17) is 22.3 Å². The number of sulfonamides is 1. The van der Waals surface area contributed by atoms with Gasteiger partial charge in [0.15, 0.2) is 0 Å². The number of nitrogens with zero attached hydrogens (tertiary/aromatic N) is 5. The second kappa shape index (κ2) is 12.4. The topological polar surface area (TPSA) is 158 Å². The largest absolute Gasteiger partial charge is 0.382 e. The van der Waals surface area contributed by atoms with Gasteiger partial charge in [0.1, 0.15) is 35.0 Å². The minimum Gasteiger partial charge on any atom is -0.382 e. The molecule has 2 aromatic carbocycles. The summed E-state index contributed by atoms with van der Waals surface area (Å²) >= 11 is 6.39. The van der Waals surface area contributed by atoms with E-state index in [1.807, 2.05) is 6.07 Å². The number of hydrogen-bond acceptors (Lipinski definition) is 9. The van der Waals surface area contributed by atoms with Gasteiger partial charge in [-0.3, -0.25) is 9.36 Å². The molecule has 0 aliphatic rings. The molecule has 0 saturated carbocycles. The van der Waals surface area contributed by atoms with E-state index in [2.05, 4.69) is 36.8 Å². The molecule has 212 valence electrons. The molecule has 0 saturated heterocycles. The maximum absolute atomic E-state index is 13.8. The quantitative estimate of drug-likeness (QED) is 0.227. The fraction of sp³-hybridized carbons (Fsp3) is 0.138. The van der Waals surface area contributed by atoms with Crippen molar-refractivity contribution >= 4 is 44.2 Å². The molecule has 3 aromatic heterocycles. The van der Waals surface area contributed by atoms with Gasteiger partial charge in [0.05, 0.1) is 26.5 Å². The molecule has 0 fully saturated rings. The molecule has 0 radical (unpaired) electrons. The summed E-state index contributed by atoms with van der Waals surface area (Å²) in [6.45, 7) is 2.19. The zero-order valence-corrected chi connectivity index (χ0v) is 23.9. The van der Waals surface area contributed by atoms with Crippen LogP contribution in [0.2, 0.25) is 5.02 Å². The number of benzene rings is 2. The number of anilines is 2. The van der Waals surface area contributed by atoms with Crippen LogP contribution in [0.3, 0.4) is 0 Å². The van der Waals surface area contributed by atoms with E-state index < -0.39 is 15.6 Å². The molecule has 13 heteroatoms. The van der Waals surface area contributed by atoms with E-state index in [1.165, 1.54) is 23.0 Å². The zero-order chi connectivity index (χ0) is 29.7. The Morgan fingerprint density at radius 3 is 2.64 bits per heavy atom. The molecule has 3 heterocycles. The first-order chi connectivity index (χ1) is 20.3. The smallest absolute Gasteiger partial charge is 0.267 e. The monoisotopic (exact) mass is 600 g/mol. The molecule has 0 aliphatic carbocycles. The Morgan fingerprint density at radius 2 is 1.86 bits per heavy atom. The van der Waals surface area contributed by atoms with Gasteiger partial charge < -0.3 is 11.1 Å². The number of rotatable bonds is 8. The van der Waals surface area contributed by atoms with Crippen LogP contribution in [-0.4, -0.2) is 46.0 Å². The number of hydrogen-bond donors (Lipinski definition) is 3. The maximum atomic E-state index is 13.8. The molecular weight excluding hydrogens is 576 g/mol. The molecule has 0 bridgehead atoms.